The summed E-state index contributed by atoms with van der Waals surface area (Å²) in [5, 5.41) is 9.48. The largest absolute Gasteiger partial charge is 0.365 e. The number of halogens is 1. The highest BCUT2D eigenvalue weighted by Crippen LogP contribution is 2.31. The number of primary amides is 1. The number of carbonyl (C=O) groups is 3. The molecular formula is C21H20FN7O3S. The number of benzene rings is 1. The van der Waals surface area contributed by atoms with Gasteiger partial charge < -0.3 is 16.4 Å². The molecule has 2 aromatic heterocycles. The van der Waals surface area contributed by atoms with E-state index in [4.69, 9.17) is 5.73 Å². The van der Waals surface area contributed by atoms with Crippen molar-refractivity contribution in [2.24, 2.45) is 5.73 Å². The Labute approximate surface area is 191 Å². The van der Waals surface area contributed by atoms with Crippen molar-refractivity contribution in [3.63, 3.8) is 0 Å². The Morgan fingerprint density at radius 2 is 2.06 bits per heavy atom. The number of fused-ring (bicyclic) bond motifs is 1. The van der Waals surface area contributed by atoms with Gasteiger partial charge in [-0.15, -0.1) is 11.8 Å². The summed E-state index contributed by atoms with van der Waals surface area (Å²) in [7, 11) is 0. The number of allylic oxidation sites excluding steroid dienone is 1. The smallest absolute Gasteiger partial charge is 0.270 e. The van der Waals surface area contributed by atoms with Gasteiger partial charge in [0.15, 0.2) is 0 Å². The van der Waals surface area contributed by atoms with E-state index < -0.39 is 17.7 Å². The monoisotopic (exact) mass is 469 g/mol. The number of carbonyl (C=O) groups excluding carboxylic acids is 3. The first-order valence-corrected chi connectivity index (χ1v) is 10.9. The molecule has 4 N–H and O–H groups in total. The zero-order valence-electron chi connectivity index (χ0n) is 17.5. The predicted octanol–water partition coefficient (Wildman–Crippen LogP) is 1.11. The van der Waals surface area contributed by atoms with Crippen LogP contribution >= 0.6 is 11.8 Å². The summed E-state index contributed by atoms with van der Waals surface area (Å²) in [5.74, 6) is -1.70. The van der Waals surface area contributed by atoms with Crippen molar-refractivity contribution in [2.75, 3.05) is 6.54 Å². The lowest BCUT2D eigenvalue weighted by Crippen LogP contribution is -2.32. The minimum Gasteiger partial charge on any atom is -0.365 e. The van der Waals surface area contributed by atoms with E-state index in [-0.39, 0.29) is 34.8 Å². The van der Waals surface area contributed by atoms with Gasteiger partial charge >= 0.3 is 0 Å². The highest BCUT2D eigenvalue weighted by Gasteiger charge is 2.23. The molecule has 0 saturated heterocycles. The lowest BCUT2D eigenvalue weighted by atomic mass is 10.1. The molecule has 0 spiro atoms. The van der Waals surface area contributed by atoms with Crippen LogP contribution in [0.3, 0.4) is 0 Å². The van der Waals surface area contributed by atoms with Crippen LogP contribution in [0, 0.1) is 12.7 Å². The molecule has 12 heteroatoms. The summed E-state index contributed by atoms with van der Waals surface area (Å²) in [4.78, 5) is 45.4. The SMILES string of the molecule is Cc1cc(CNC(=O)c2cc(C(=O)NCC3CC=C(C(N)=O)S3)n3ncnc3n2)ccc1F. The molecule has 1 aliphatic rings. The molecule has 3 heterocycles. The zero-order chi connectivity index (χ0) is 23.5. The standard InChI is InChI=1S/C21H20FN7O3S/c1-11-6-12(2-4-14(11)22)8-24-19(31)15-7-16(29-21(28-15)26-10-27-29)20(32)25-9-13-3-5-17(33-13)18(23)30/h2,4-7,10,13H,3,8-9H2,1H3,(H2,23,30)(H,24,31)(H,25,32). The Morgan fingerprint density at radius 1 is 1.24 bits per heavy atom. The minimum absolute atomic E-state index is 0.00703. The molecule has 33 heavy (non-hydrogen) atoms. The van der Waals surface area contributed by atoms with Crippen LogP contribution in [-0.2, 0) is 11.3 Å². The van der Waals surface area contributed by atoms with Crippen molar-refractivity contribution in [3.05, 3.63) is 69.9 Å². The van der Waals surface area contributed by atoms with Gasteiger partial charge in [0.2, 0.25) is 0 Å². The van der Waals surface area contributed by atoms with Crippen LogP contribution in [0.5, 0.6) is 0 Å². The van der Waals surface area contributed by atoms with Crippen LogP contribution in [0.25, 0.3) is 5.78 Å². The summed E-state index contributed by atoms with van der Waals surface area (Å²) < 4.78 is 14.7. The average Bonchev–Trinajstić information content (AvgIpc) is 3.47. The molecule has 170 valence electrons. The van der Waals surface area contributed by atoms with E-state index in [2.05, 4.69) is 25.7 Å². The van der Waals surface area contributed by atoms with Gasteiger partial charge in [-0.2, -0.15) is 14.6 Å². The Hall–Kier alpha value is -3.80. The van der Waals surface area contributed by atoms with Crippen LogP contribution in [0.2, 0.25) is 0 Å². The number of nitrogens with zero attached hydrogens (tertiary/aromatic N) is 4. The number of hydrogen-bond acceptors (Lipinski definition) is 7. The third kappa shape index (κ3) is 5.00. The number of amides is 3. The molecule has 0 bridgehead atoms. The second-order valence-corrected chi connectivity index (χ2v) is 8.73. The van der Waals surface area contributed by atoms with Crippen molar-refractivity contribution in [2.45, 2.75) is 25.1 Å². The molecule has 3 aromatic rings. The zero-order valence-corrected chi connectivity index (χ0v) is 18.4. The highest BCUT2D eigenvalue weighted by atomic mass is 32.2. The van der Waals surface area contributed by atoms with E-state index in [1.807, 2.05) is 0 Å². The molecule has 0 aliphatic carbocycles. The molecule has 1 aliphatic heterocycles. The molecule has 0 fully saturated rings. The summed E-state index contributed by atoms with van der Waals surface area (Å²) in [6.45, 7) is 2.09. The van der Waals surface area contributed by atoms with Gasteiger partial charge in [0, 0.05) is 24.4 Å². The number of nitrogens with two attached hydrogens (primary N) is 1. The molecule has 10 nitrogen and oxygen atoms in total. The van der Waals surface area contributed by atoms with Gasteiger partial charge in [-0.1, -0.05) is 18.2 Å². The fraction of sp³-hybridized carbons (Fsp3) is 0.238. The van der Waals surface area contributed by atoms with E-state index >= 15 is 0 Å². The second kappa shape index (κ2) is 9.36. The maximum Gasteiger partial charge on any atom is 0.270 e. The molecule has 1 unspecified atom stereocenters. The maximum absolute atomic E-state index is 13.4. The lowest BCUT2D eigenvalue weighted by molar-refractivity contribution is -0.113. The lowest BCUT2D eigenvalue weighted by Gasteiger charge is -2.12. The van der Waals surface area contributed by atoms with Gasteiger partial charge in [0.25, 0.3) is 23.5 Å². The average molecular weight is 470 g/mol. The molecule has 0 radical (unpaired) electrons. The van der Waals surface area contributed by atoms with E-state index in [0.717, 1.165) is 5.56 Å². The van der Waals surface area contributed by atoms with Gasteiger partial charge in [0.1, 0.15) is 23.5 Å². The van der Waals surface area contributed by atoms with Crippen molar-refractivity contribution < 1.29 is 18.8 Å². The van der Waals surface area contributed by atoms with Crippen molar-refractivity contribution in [3.8, 4) is 0 Å². The summed E-state index contributed by atoms with van der Waals surface area (Å²) in [6.07, 6.45) is 3.59. The molecule has 0 saturated carbocycles. The maximum atomic E-state index is 13.4. The third-order valence-corrected chi connectivity index (χ3v) is 6.30. The molecule has 1 atom stereocenters. The first kappa shape index (κ1) is 22.4. The first-order valence-electron chi connectivity index (χ1n) is 10.0. The van der Waals surface area contributed by atoms with Crippen molar-refractivity contribution in [1.82, 2.24) is 30.2 Å². The van der Waals surface area contributed by atoms with Crippen LogP contribution in [0.4, 0.5) is 4.39 Å². The summed E-state index contributed by atoms with van der Waals surface area (Å²) in [6, 6.07) is 5.89. The van der Waals surface area contributed by atoms with Gasteiger partial charge in [-0.05, 0) is 30.5 Å². The van der Waals surface area contributed by atoms with Gasteiger partial charge in [-0.3, -0.25) is 14.4 Å². The third-order valence-electron chi connectivity index (χ3n) is 4.99. The van der Waals surface area contributed by atoms with Crippen molar-refractivity contribution >= 4 is 35.3 Å². The molecule has 4 rings (SSSR count). The Kier molecular flexibility index (Phi) is 6.36. The molecule has 3 amide bonds. The Bertz CT molecular complexity index is 1290. The number of thioether (sulfide) groups is 1. The quantitative estimate of drug-likeness (QED) is 0.470. The fourth-order valence-electron chi connectivity index (χ4n) is 3.27. The van der Waals surface area contributed by atoms with Crippen LogP contribution in [-0.4, -0.2) is 49.1 Å². The molecule has 1 aromatic carbocycles. The molecular weight excluding hydrogens is 449 g/mol. The number of aromatic nitrogens is 4. The van der Waals surface area contributed by atoms with Gasteiger partial charge in [-0.25, -0.2) is 9.37 Å². The number of nitrogens with one attached hydrogen (secondary N) is 2. The van der Waals surface area contributed by atoms with E-state index in [1.165, 1.54) is 34.7 Å². The number of aryl methyl sites for hydroxylation is 1. The Balaban J connectivity index is 1.45. The highest BCUT2D eigenvalue weighted by molar-refractivity contribution is 8.04. The second-order valence-electron chi connectivity index (χ2n) is 7.38. The topological polar surface area (TPSA) is 144 Å². The fourth-order valence-corrected chi connectivity index (χ4v) is 4.30. The van der Waals surface area contributed by atoms with Crippen molar-refractivity contribution in [1.29, 1.82) is 0 Å². The number of rotatable bonds is 7. The van der Waals surface area contributed by atoms with Gasteiger partial charge in [0.05, 0.1) is 4.91 Å². The normalized spacial score (nSPS) is 15.3. The van der Waals surface area contributed by atoms with Crippen LogP contribution in [0.1, 0.15) is 38.5 Å². The van der Waals surface area contributed by atoms with Crippen LogP contribution in [0.15, 0.2) is 41.6 Å². The number of hydrogen-bond donors (Lipinski definition) is 3. The van der Waals surface area contributed by atoms with E-state index in [9.17, 15) is 18.8 Å². The van der Waals surface area contributed by atoms with Crippen LogP contribution < -0.4 is 16.4 Å². The van der Waals surface area contributed by atoms with E-state index in [0.29, 0.717) is 23.4 Å². The Morgan fingerprint density at radius 3 is 2.79 bits per heavy atom. The first-order chi connectivity index (χ1) is 15.8. The summed E-state index contributed by atoms with van der Waals surface area (Å²) in [5.41, 5.74) is 6.56. The minimum atomic E-state index is -0.516. The predicted molar refractivity (Wildman–Crippen MR) is 119 cm³/mol. The summed E-state index contributed by atoms with van der Waals surface area (Å²) >= 11 is 1.31. The van der Waals surface area contributed by atoms with E-state index in [1.54, 1.807) is 25.1 Å².